The van der Waals surface area contributed by atoms with Crippen molar-refractivity contribution in [3.63, 3.8) is 0 Å². The average Bonchev–Trinajstić information content (AvgIpc) is 2.52. The number of carboxylic acids is 1. The molecule has 2 aromatic heterocycles. The molecule has 0 aliphatic heterocycles. The molecule has 0 aliphatic carbocycles. The van der Waals surface area contributed by atoms with Crippen LogP contribution in [-0.4, -0.2) is 39.6 Å². The fourth-order valence-electron chi connectivity index (χ4n) is 2.39. The second-order valence-corrected chi connectivity index (χ2v) is 5.39. The highest BCUT2D eigenvalue weighted by Gasteiger charge is 2.15. The van der Waals surface area contributed by atoms with E-state index in [9.17, 15) is 4.79 Å². The largest absolute Gasteiger partial charge is 0.481 e. The summed E-state index contributed by atoms with van der Waals surface area (Å²) in [5.74, 6) is 0.0595. The molecule has 0 saturated carbocycles. The van der Waals surface area contributed by atoms with Crippen LogP contribution in [0.3, 0.4) is 0 Å². The van der Waals surface area contributed by atoms with Crippen molar-refractivity contribution in [2.75, 3.05) is 24.2 Å². The quantitative estimate of drug-likeness (QED) is 0.796. The van der Waals surface area contributed by atoms with Gasteiger partial charge in [0.2, 0.25) is 5.95 Å². The van der Waals surface area contributed by atoms with Crippen LogP contribution in [0.15, 0.2) is 24.5 Å². The van der Waals surface area contributed by atoms with Crippen LogP contribution in [0.4, 0.5) is 11.8 Å². The molecule has 0 saturated heterocycles. The molecule has 0 spiro atoms. The van der Waals surface area contributed by atoms with Gasteiger partial charge in [0.05, 0.1) is 0 Å². The molecular formula is C16H21N5O2. The van der Waals surface area contributed by atoms with Gasteiger partial charge in [-0.2, -0.15) is 4.98 Å². The van der Waals surface area contributed by atoms with E-state index in [0.717, 1.165) is 24.2 Å². The number of hydrogen-bond donors (Lipinski definition) is 2. The number of likely N-dealkylation sites (N-methyl/N-ethyl adjacent to an activating group) is 1. The maximum Gasteiger partial charge on any atom is 0.303 e. The number of nitrogens with two attached hydrogens (primary N) is 1. The monoisotopic (exact) mass is 315 g/mol. The van der Waals surface area contributed by atoms with E-state index >= 15 is 0 Å². The van der Waals surface area contributed by atoms with E-state index in [0.29, 0.717) is 12.2 Å². The van der Waals surface area contributed by atoms with Crippen molar-refractivity contribution < 1.29 is 9.90 Å². The number of aryl methyl sites for hydroxylation is 1. The summed E-state index contributed by atoms with van der Waals surface area (Å²) >= 11 is 0. The summed E-state index contributed by atoms with van der Waals surface area (Å²) in [5, 5.41) is 8.92. The first kappa shape index (κ1) is 16.7. The molecule has 3 N–H and O–H groups in total. The van der Waals surface area contributed by atoms with Gasteiger partial charge in [-0.15, -0.1) is 0 Å². The Bertz CT molecular complexity index is 676. The van der Waals surface area contributed by atoms with Crippen molar-refractivity contribution in [2.24, 2.45) is 0 Å². The molecular weight excluding hydrogens is 294 g/mol. The van der Waals surface area contributed by atoms with Crippen molar-refractivity contribution >= 4 is 17.7 Å². The minimum Gasteiger partial charge on any atom is -0.481 e. The van der Waals surface area contributed by atoms with Gasteiger partial charge in [0.15, 0.2) is 0 Å². The zero-order valence-electron chi connectivity index (χ0n) is 13.4. The fraction of sp³-hybridized carbons (Fsp3) is 0.375. The zero-order chi connectivity index (χ0) is 16.8. The topological polar surface area (TPSA) is 105 Å². The van der Waals surface area contributed by atoms with Gasteiger partial charge in [0.25, 0.3) is 0 Å². The lowest BCUT2D eigenvalue weighted by atomic mass is 10.1. The van der Waals surface area contributed by atoms with Crippen molar-refractivity contribution in [1.29, 1.82) is 0 Å². The minimum absolute atomic E-state index is 0.0410. The Hall–Kier alpha value is -2.70. The van der Waals surface area contributed by atoms with E-state index in [1.54, 1.807) is 12.4 Å². The zero-order valence-corrected chi connectivity index (χ0v) is 13.4. The van der Waals surface area contributed by atoms with E-state index in [1.807, 2.05) is 31.0 Å². The molecule has 0 fully saturated rings. The first-order valence-corrected chi connectivity index (χ1v) is 7.42. The predicted octanol–water partition coefficient (Wildman–Crippen LogP) is 1.46. The number of nitrogens with zero attached hydrogens (tertiary/aromatic N) is 4. The molecule has 0 amide bonds. The Kier molecular flexibility index (Phi) is 5.46. The van der Waals surface area contributed by atoms with Crippen LogP contribution < -0.4 is 10.6 Å². The SMILES string of the molecule is Cc1nc(N)nc(N(C)CCc2ccncc2)c1CCC(=O)O. The predicted molar refractivity (Wildman–Crippen MR) is 88.3 cm³/mol. The van der Waals surface area contributed by atoms with Crippen molar-refractivity contribution in [3.05, 3.63) is 41.3 Å². The molecule has 0 unspecified atom stereocenters. The Morgan fingerprint density at radius 2 is 1.96 bits per heavy atom. The van der Waals surface area contributed by atoms with Crippen molar-refractivity contribution in [1.82, 2.24) is 15.0 Å². The molecule has 2 heterocycles. The number of anilines is 2. The molecule has 122 valence electrons. The number of aromatic nitrogens is 3. The van der Waals surface area contributed by atoms with Crippen molar-refractivity contribution in [3.8, 4) is 0 Å². The summed E-state index contributed by atoms with van der Waals surface area (Å²) in [6.45, 7) is 2.56. The standard InChI is InChI=1S/C16H21N5O2/c1-11-13(3-4-14(22)23)15(20-16(17)19-11)21(2)10-7-12-5-8-18-9-6-12/h5-6,8-9H,3-4,7,10H2,1-2H3,(H,22,23)(H2,17,19,20). The van der Waals surface area contributed by atoms with Crippen LogP contribution in [0.5, 0.6) is 0 Å². The van der Waals surface area contributed by atoms with Crippen LogP contribution in [-0.2, 0) is 17.6 Å². The lowest BCUT2D eigenvalue weighted by Gasteiger charge is -2.22. The second kappa shape index (κ2) is 7.53. The van der Waals surface area contributed by atoms with Crippen molar-refractivity contribution in [2.45, 2.75) is 26.2 Å². The van der Waals surface area contributed by atoms with Gasteiger partial charge in [0, 0.05) is 43.7 Å². The number of pyridine rings is 1. The molecule has 2 rings (SSSR count). The summed E-state index contributed by atoms with van der Waals surface area (Å²) in [7, 11) is 1.92. The summed E-state index contributed by atoms with van der Waals surface area (Å²) in [6, 6.07) is 3.94. The summed E-state index contributed by atoms with van der Waals surface area (Å²) in [4.78, 5) is 25.3. The Balaban J connectivity index is 2.17. The smallest absolute Gasteiger partial charge is 0.303 e. The highest BCUT2D eigenvalue weighted by Crippen LogP contribution is 2.22. The maximum atomic E-state index is 10.9. The van der Waals surface area contributed by atoms with Gasteiger partial charge < -0.3 is 15.7 Å². The summed E-state index contributed by atoms with van der Waals surface area (Å²) in [6.07, 6.45) is 4.79. The van der Waals surface area contributed by atoms with E-state index in [2.05, 4.69) is 15.0 Å². The van der Waals surface area contributed by atoms with Crippen LogP contribution in [0.25, 0.3) is 0 Å². The third kappa shape index (κ3) is 4.64. The molecule has 7 heteroatoms. The van der Waals surface area contributed by atoms with Crippen LogP contribution in [0.1, 0.15) is 23.2 Å². The van der Waals surface area contributed by atoms with Gasteiger partial charge in [-0.25, -0.2) is 4.98 Å². The molecule has 0 aromatic carbocycles. The number of carbonyl (C=O) groups is 1. The summed E-state index contributed by atoms with van der Waals surface area (Å²) in [5.41, 5.74) is 8.49. The Morgan fingerprint density at radius 1 is 1.26 bits per heavy atom. The average molecular weight is 315 g/mol. The minimum atomic E-state index is -0.841. The van der Waals surface area contributed by atoms with Crippen LogP contribution in [0, 0.1) is 6.92 Å². The van der Waals surface area contributed by atoms with E-state index in [-0.39, 0.29) is 12.4 Å². The Labute approximate surface area is 135 Å². The van der Waals surface area contributed by atoms with E-state index in [1.165, 1.54) is 5.56 Å². The maximum absolute atomic E-state index is 10.9. The first-order valence-electron chi connectivity index (χ1n) is 7.42. The molecule has 0 atom stereocenters. The number of rotatable bonds is 7. The lowest BCUT2D eigenvalue weighted by molar-refractivity contribution is -0.136. The molecule has 0 aliphatic rings. The number of aliphatic carboxylic acids is 1. The van der Waals surface area contributed by atoms with Gasteiger partial charge >= 0.3 is 5.97 Å². The van der Waals surface area contributed by atoms with E-state index < -0.39 is 5.97 Å². The number of nitrogen functional groups attached to an aromatic ring is 1. The van der Waals surface area contributed by atoms with Crippen LogP contribution in [0.2, 0.25) is 0 Å². The number of hydrogen-bond acceptors (Lipinski definition) is 6. The molecule has 0 bridgehead atoms. The fourth-order valence-corrected chi connectivity index (χ4v) is 2.39. The highest BCUT2D eigenvalue weighted by atomic mass is 16.4. The molecule has 0 radical (unpaired) electrons. The van der Waals surface area contributed by atoms with Crippen LogP contribution >= 0.6 is 0 Å². The third-order valence-corrected chi connectivity index (χ3v) is 3.65. The van der Waals surface area contributed by atoms with Gasteiger partial charge in [-0.05, 0) is 37.5 Å². The van der Waals surface area contributed by atoms with E-state index in [4.69, 9.17) is 10.8 Å². The second-order valence-electron chi connectivity index (χ2n) is 5.39. The highest BCUT2D eigenvalue weighted by molar-refractivity contribution is 5.67. The lowest BCUT2D eigenvalue weighted by Crippen LogP contribution is -2.24. The molecule has 7 nitrogen and oxygen atoms in total. The van der Waals surface area contributed by atoms with Gasteiger partial charge in [-0.1, -0.05) is 0 Å². The Morgan fingerprint density at radius 3 is 2.61 bits per heavy atom. The number of carboxylic acid groups (broad SMARTS) is 1. The van der Waals surface area contributed by atoms with Gasteiger partial charge in [0.1, 0.15) is 5.82 Å². The van der Waals surface area contributed by atoms with Gasteiger partial charge in [-0.3, -0.25) is 9.78 Å². The summed E-state index contributed by atoms with van der Waals surface area (Å²) < 4.78 is 0. The third-order valence-electron chi connectivity index (χ3n) is 3.65. The first-order chi connectivity index (χ1) is 11.0. The molecule has 23 heavy (non-hydrogen) atoms. The molecule has 2 aromatic rings. The normalized spacial score (nSPS) is 10.5.